The maximum atomic E-state index is 13.9. The van der Waals surface area contributed by atoms with Crippen molar-refractivity contribution < 1.29 is 23.1 Å². The van der Waals surface area contributed by atoms with E-state index in [0.29, 0.717) is 22.7 Å². The van der Waals surface area contributed by atoms with E-state index in [1.807, 2.05) is 0 Å². The highest BCUT2D eigenvalue weighted by atomic mass is 19.1. The molecule has 0 aliphatic carbocycles. The van der Waals surface area contributed by atoms with Gasteiger partial charge in [-0.3, -0.25) is 4.79 Å². The number of rotatable bonds is 4. The van der Waals surface area contributed by atoms with E-state index < -0.39 is 17.6 Å². The Morgan fingerprint density at radius 1 is 0.976 bits per heavy atom. The van der Waals surface area contributed by atoms with Gasteiger partial charge in [-0.05, 0) is 69.8 Å². The SMILES string of the molecule is CC(=O)N(NC(=O)OC(C)(C)C)c1ccc(-c2oc3ncnc(N4CCN(C)CC4)c3c2-c2ccc(F)cc2)cc1. The first-order valence-electron chi connectivity index (χ1n) is 13.4. The van der Waals surface area contributed by atoms with Gasteiger partial charge in [0.25, 0.3) is 0 Å². The van der Waals surface area contributed by atoms with Crippen LogP contribution in [-0.4, -0.2) is 65.7 Å². The lowest BCUT2D eigenvalue weighted by Crippen LogP contribution is -2.47. The molecule has 214 valence electrons. The molecule has 1 aliphatic rings. The van der Waals surface area contributed by atoms with Crippen molar-refractivity contribution in [1.29, 1.82) is 0 Å². The zero-order valence-corrected chi connectivity index (χ0v) is 23.8. The average molecular weight is 561 g/mol. The van der Waals surface area contributed by atoms with Crippen LogP contribution in [0.2, 0.25) is 0 Å². The Kier molecular flexibility index (Phi) is 7.63. The second kappa shape index (κ2) is 11.2. The fourth-order valence-electron chi connectivity index (χ4n) is 4.75. The summed E-state index contributed by atoms with van der Waals surface area (Å²) in [6, 6.07) is 13.2. The molecule has 5 rings (SSSR count). The third-order valence-electron chi connectivity index (χ3n) is 6.71. The zero-order valence-electron chi connectivity index (χ0n) is 23.8. The molecule has 1 saturated heterocycles. The topological polar surface area (TPSA) is 104 Å². The fourth-order valence-corrected chi connectivity index (χ4v) is 4.75. The standard InChI is InChI=1S/C30H33FN6O4/c1-19(38)37(34-29(39)41-30(2,3)4)23-12-8-21(9-13-23)26-24(20-6-10-22(31)11-7-20)25-27(32-18-33-28(25)40-26)36-16-14-35(5)15-17-36/h6-13,18H,14-17H2,1-5H3,(H,34,39). The number of nitrogens with one attached hydrogen (secondary N) is 1. The predicted octanol–water partition coefficient (Wildman–Crippen LogP) is 5.24. The van der Waals surface area contributed by atoms with Gasteiger partial charge in [-0.25, -0.2) is 29.6 Å². The summed E-state index contributed by atoms with van der Waals surface area (Å²) in [4.78, 5) is 38.3. The molecule has 4 aromatic rings. The highest BCUT2D eigenvalue weighted by molar-refractivity contribution is 6.06. The molecule has 0 unspecified atom stereocenters. The van der Waals surface area contributed by atoms with E-state index in [-0.39, 0.29) is 5.82 Å². The van der Waals surface area contributed by atoms with Crippen LogP contribution >= 0.6 is 0 Å². The second-order valence-electron chi connectivity index (χ2n) is 11.0. The molecule has 2 aromatic heterocycles. The van der Waals surface area contributed by atoms with E-state index in [1.165, 1.54) is 25.4 Å². The third-order valence-corrected chi connectivity index (χ3v) is 6.71. The van der Waals surface area contributed by atoms with Gasteiger partial charge in [-0.15, -0.1) is 0 Å². The molecule has 1 fully saturated rings. The number of aromatic nitrogens is 2. The van der Waals surface area contributed by atoms with Crippen LogP contribution in [0.25, 0.3) is 33.6 Å². The van der Waals surface area contributed by atoms with Crippen molar-refractivity contribution in [2.75, 3.05) is 43.1 Å². The van der Waals surface area contributed by atoms with Crippen molar-refractivity contribution >= 4 is 34.6 Å². The number of amides is 2. The lowest BCUT2D eigenvalue weighted by Gasteiger charge is -2.33. The fraction of sp³-hybridized carbons (Fsp3) is 0.333. The van der Waals surface area contributed by atoms with Crippen LogP contribution in [0.15, 0.2) is 59.3 Å². The van der Waals surface area contributed by atoms with Gasteiger partial charge < -0.3 is 19.0 Å². The predicted molar refractivity (Wildman–Crippen MR) is 155 cm³/mol. The van der Waals surface area contributed by atoms with Crippen LogP contribution in [0.1, 0.15) is 27.7 Å². The van der Waals surface area contributed by atoms with Gasteiger partial charge in [0.05, 0.1) is 11.1 Å². The van der Waals surface area contributed by atoms with Gasteiger partial charge in [-0.2, -0.15) is 0 Å². The number of likely N-dealkylation sites (N-methyl/N-ethyl adjacent to an activating group) is 1. The highest BCUT2D eigenvalue weighted by Crippen LogP contribution is 2.43. The van der Waals surface area contributed by atoms with Crippen LogP contribution in [0.4, 0.5) is 20.7 Å². The Labute approximate surface area is 237 Å². The van der Waals surface area contributed by atoms with Crippen molar-refractivity contribution in [3.8, 4) is 22.5 Å². The van der Waals surface area contributed by atoms with Crippen molar-refractivity contribution in [1.82, 2.24) is 20.3 Å². The van der Waals surface area contributed by atoms with Crippen molar-refractivity contribution in [3.05, 3.63) is 60.7 Å². The van der Waals surface area contributed by atoms with Crippen LogP contribution in [0.3, 0.4) is 0 Å². The Hall–Kier alpha value is -4.51. The first-order valence-corrected chi connectivity index (χ1v) is 13.4. The number of benzene rings is 2. The van der Waals surface area contributed by atoms with Gasteiger partial charge in [0.1, 0.15) is 29.3 Å². The Morgan fingerprint density at radius 2 is 1.61 bits per heavy atom. The lowest BCUT2D eigenvalue weighted by atomic mass is 9.98. The molecule has 11 heteroatoms. The number of hydrogen-bond donors (Lipinski definition) is 1. The van der Waals surface area contributed by atoms with E-state index in [2.05, 4.69) is 32.2 Å². The molecule has 10 nitrogen and oxygen atoms in total. The summed E-state index contributed by atoms with van der Waals surface area (Å²) in [6.07, 6.45) is 0.746. The highest BCUT2D eigenvalue weighted by Gasteiger charge is 2.27. The number of fused-ring (bicyclic) bond motifs is 1. The summed E-state index contributed by atoms with van der Waals surface area (Å²) >= 11 is 0. The van der Waals surface area contributed by atoms with Gasteiger partial charge in [0, 0.05) is 44.2 Å². The van der Waals surface area contributed by atoms with Gasteiger partial charge in [0.2, 0.25) is 11.6 Å². The largest absolute Gasteiger partial charge is 0.443 e. The second-order valence-corrected chi connectivity index (χ2v) is 11.0. The lowest BCUT2D eigenvalue weighted by molar-refractivity contribution is -0.117. The molecule has 0 spiro atoms. The Bertz CT molecular complexity index is 1560. The molecule has 0 radical (unpaired) electrons. The summed E-state index contributed by atoms with van der Waals surface area (Å²) < 4.78 is 25.5. The van der Waals surface area contributed by atoms with E-state index in [4.69, 9.17) is 9.15 Å². The quantitative estimate of drug-likeness (QED) is 0.338. The summed E-state index contributed by atoms with van der Waals surface area (Å²) in [5, 5.41) is 1.87. The van der Waals surface area contributed by atoms with Crippen molar-refractivity contribution in [2.24, 2.45) is 0 Å². The number of nitrogens with zero attached hydrogens (tertiary/aromatic N) is 5. The monoisotopic (exact) mass is 560 g/mol. The van der Waals surface area contributed by atoms with Gasteiger partial charge >= 0.3 is 6.09 Å². The van der Waals surface area contributed by atoms with Crippen LogP contribution in [0, 0.1) is 5.82 Å². The van der Waals surface area contributed by atoms with Gasteiger partial charge in [-0.1, -0.05) is 12.1 Å². The number of ether oxygens (including phenoxy) is 1. The molecule has 2 amide bonds. The number of furan rings is 1. The first-order chi connectivity index (χ1) is 19.5. The number of hydrogen-bond acceptors (Lipinski definition) is 8. The molecule has 3 heterocycles. The molecule has 1 aliphatic heterocycles. The van der Waals surface area contributed by atoms with E-state index in [1.54, 1.807) is 57.2 Å². The summed E-state index contributed by atoms with van der Waals surface area (Å²) in [5.41, 5.74) is 4.84. The summed E-state index contributed by atoms with van der Waals surface area (Å²) in [7, 11) is 2.09. The van der Waals surface area contributed by atoms with Crippen LogP contribution < -0.4 is 15.3 Å². The number of halogens is 1. The average Bonchev–Trinajstić information content (AvgIpc) is 3.31. The number of carbonyl (C=O) groups is 2. The van der Waals surface area contributed by atoms with Crippen LogP contribution in [-0.2, 0) is 9.53 Å². The van der Waals surface area contributed by atoms with E-state index >= 15 is 0 Å². The first kappa shape index (κ1) is 28.0. The molecule has 1 N–H and O–H groups in total. The minimum Gasteiger partial charge on any atom is -0.443 e. The molecule has 0 saturated carbocycles. The molecule has 0 atom stereocenters. The summed E-state index contributed by atoms with van der Waals surface area (Å²) in [5.74, 6) is 0.554. The van der Waals surface area contributed by atoms with Crippen molar-refractivity contribution in [2.45, 2.75) is 33.3 Å². The number of hydrazine groups is 1. The Balaban J connectivity index is 1.57. The van der Waals surface area contributed by atoms with E-state index in [0.717, 1.165) is 53.5 Å². The zero-order chi connectivity index (χ0) is 29.3. The minimum absolute atomic E-state index is 0.343. The normalized spacial score (nSPS) is 14.2. The maximum Gasteiger partial charge on any atom is 0.427 e. The summed E-state index contributed by atoms with van der Waals surface area (Å²) in [6.45, 7) is 9.95. The van der Waals surface area contributed by atoms with Gasteiger partial charge in [0.15, 0.2) is 0 Å². The maximum absolute atomic E-state index is 13.9. The molecular weight excluding hydrogens is 527 g/mol. The van der Waals surface area contributed by atoms with E-state index in [9.17, 15) is 14.0 Å². The molecule has 2 aromatic carbocycles. The third kappa shape index (κ3) is 6.14. The molecular formula is C30H33FN6O4. The Morgan fingerprint density at radius 3 is 2.22 bits per heavy atom. The number of carbonyl (C=O) groups excluding carboxylic acids is 2. The van der Waals surface area contributed by atoms with Crippen molar-refractivity contribution in [3.63, 3.8) is 0 Å². The minimum atomic E-state index is -0.748. The number of anilines is 2. The molecule has 0 bridgehead atoms. The smallest absolute Gasteiger partial charge is 0.427 e. The number of piperazine rings is 1. The van der Waals surface area contributed by atoms with Crippen LogP contribution in [0.5, 0.6) is 0 Å². The molecule has 41 heavy (non-hydrogen) atoms.